The normalized spacial score (nSPS) is 2.00. The van der Waals surface area contributed by atoms with Gasteiger partial charge in [0.25, 0.3) is 0 Å². The van der Waals surface area contributed by atoms with Crippen molar-refractivity contribution in [2.45, 2.75) is 27.7 Å². The molecule has 0 aliphatic carbocycles. The van der Waals surface area contributed by atoms with Crippen LogP contribution >= 0.6 is 0 Å². The van der Waals surface area contributed by atoms with Crippen molar-refractivity contribution >= 4 is 17.4 Å². The van der Waals surface area contributed by atoms with E-state index in [2.05, 4.69) is 0 Å². The second-order valence-electron chi connectivity index (χ2n) is 0. The zero-order valence-corrected chi connectivity index (χ0v) is 8.73. The van der Waals surface area contributed by atoms with E-state index in [1.807, 2.05) is 27.7 Å². The third-order valence-corrected chi connectivity index (χ3v) is 0. The van der Waals surface area contributed by atoms with Crippen LogP contribution in [0.3, 0.4) is 0 Å². The molecule has 0 aromatic rings. The smallest absolute Gasteiger partial charge is 1.00 e. The molecule has 0 N–H and O–H groups in total. The van der Waals surface area contributed by atoms with Crippen LogP contribution in [0.5, 0.6) is 0 Å². The van der Waals surface area contributed by atoms with E-state index < -0.39 is 0 Å². The summed E-state index contributed by atoms with van der Waals surface area (Å²) in [6.07, 6.45) is 0. The molecule has 0 bridgehead atoms. The third kappa shape index (κ3) is 48.4. The molecule has 2 heteroatoms. The largest absolute Gasteiger partial charge is 1.00 e. The van der Waals surface area contributed by atoms with Gasteiger partial charge in [0.1, 0.15) is 0 Å². The van der Waals surface area contributed by atoms with E-state index in [-0.39, 0.29) is 48.3 Å². The van der Waals surface area contributed by atoms with E-state index in [4.69, 9.17) is 0 Å². The fourth-order valence-electron chi connectivity index (χ4n) is 0. The molecular weight excluding hydrogens is 98.0 g/mol. The van der Waals surface area contributed by atoms with Crippen LogP contribution in [0.15, 0.2) is 0 Å². The maximum Gasteiger partial charge on any atom is 1.00 e. The van der Waals surface area contributed by atoms with Crippen LogP contribution in [-0.2, 0) is 0 Å². The molecule has 0 nitrogen and oxygen atoms in total. The Morgan fingerprint density at radius 2 is 0.833 bits per heavy atom. The minimum absolute atomic E-state index is 0. The van der Waals surface area contributed by atoms with Crippen LogP contribution in [0.4, 0.5) is 0 Å². The summed E-state index contributed by atoms with van der Waals surface area (Å²) in [4.78, 5) is 0. The van der Waals surface area contributed by atoms with Gasteiger partial charge in [0, 0.05) is 17.4 Å². The van der Waals surface area contributed by atoms with Crippen LogP contribution in [-0.4, -0.2) is 17.4 Å². The van der Waals surface area contributed by atoms with E-state index in [1.165, 1.54) is 0 Å². The monoisotopic (exact) mass is 111 g/mol. The maximum absolute atomic E-state index is 2.00. The summed E-state index contributed by atoms with van der Waals surface area (Å²) in [6, 6.07) is 0. The standard InChI is InChI=1S/2C2H6.Al.Na.H/c2*1-2;;;/h2*1-2H3;;;/q;;;+1;-1. The van der Waals surface area contributed by atoms with Crippen molar-refractivity contribution in [3.05, 3.63) is 0 Å². The van der Waals surface area contributed by atoms with Gasteiger partial charge < -0.3 is 1.43 Å². The average molecular weight is 111 g/mol. The molecule has 0 rings (SSSR count). The van der Waals surface area contributed by atoms with E-state index in [1.54, 1.807) is 0 Å². The Balaban J connectivity index is -0.00000000267. The summed E-state index contributed by atoms with van der Waals surface area (Å²) in [6.45, 7) is 8.00. The Hall–Kier alpha value is 1.53. The second kappa shape index (κ2) is 85.1. The van der Waals surface area contributed by atoms with Crippen molar-refractivity contribution in [2.75, 3.05) is 0 Å². The van der Waals surface area contributed by atoms with Gasteiger partial charge in [-0.25, -0.2) is 0 Å². The predicted molar refractivity (Wildman–Crippen MR) is 29.6 cm³/mol. The molecule has 6 heavy (non-hydrogen) atoms. The Morgan fingerprint density at radius 1 is 0.833 bits per heavy atom. The first-order valence-corrected chi connectivity index (χ1v) is 2.00. The first kappa shape index (κ1) is 25.8. The van der Waals surface area contributed by atoms with E-state index in [9.17, 15) is 0 Å². The van der Waals surface area contributed by atoms with Crippen LogP contribution in [0.1, 0.15) is 29.1 Å². The number of rotatable bonds is 0. The average Bonchev–Trinajstić information content (AvgIpc) is 1.50. The molecule has 0 amide bonds. The van der Waals surface area contributed by atoms with E-state index in [0.29, 0.717) is 0 Å². The summed E-state index contributed by atoms with van der Waals surface area (Å²) in [5.41, 5.74) is 0. The van der Waals surface area contributed by atoms with Gasteiger partial charge in [-0.1, -0.05) is 27.7 Å². The molecule has 0 unspecified atom stereocenters. The van der Waals surface area contributed by atoms with Gasteiger partial charge in [-0.3, -0.25) is 0 Å². The van der Waals surface area contributed by atoms with Crippen LogP contribution < -0.4 is 29.6 Å². The SMILES string of the molecule is CC.CC.[Al].[H-].[Na+]. The molecule has 33 valence electrons. The first-order valence-electron chi connectivity index (χ1n) is 2.00. The first-order chi connectivity index (χ1) is 2.00. The molecular formula is C4H13AlNa. The predicted octanol–water partition coefficient (Wildman–Crippen LogP) is -1.21. The van der Waals surface area contributed by atoms with Gasteiger partial charge in [-0.05, 0) is 0 Å². The zero-order chi connectivity index (χ0) is 4.00. The Morgan fingerprint density at radius 3 is 0.833 bits per heavy atom. The third-order valence-electron chi connectivity index (χ3n) is 0. The van der Waals surface area contributed by atoms with Crippen LogP contribution in [0, 0.1) is 0 Å². The molecule has 0 aliphatic rings. The van der Waals surface area contributed by atoms with Gasteiger partial charge in [-0.15, -0.1) is 0 Å². The molecule has 0 saturated heterocycles. The molecule has 0 aromatic heterocycles. The van der Waals surface area contributed by atoms with Crippen molar-refractivity contribution in [3.63, 3.8) is 0 Å². The second-order valence-corrected chi connectivity index (χ2v) is 0. The van der Waals surface area contributed by atoms with Crippen LogP contribution in [0.25, 0.3) is 0 Å². The summed E-state index contributed by atoms with van der Waals surface area (Å²) >= 11 is 0. The van der Waals surface area contributed by atoms with Crippen LogP contribution in [0.2, 0.25) is 0 Å². The molecule has 3 radical (unpaired) electrons. The van der Waals surface area contributed by atoms with Gasteiger partial charge in [0.05, 0.1) is 0 Å². The summed E-state index contributed by atoms with van der Waals surface area (Å²) in [7, 11) is 0. The topological polar surface area (TPSA) is 0 Å². The van der Waals surface area contributed by atoms with Crippen molar-refractivity contribution in [1.29, 1.82) is 0 Å². The van der Waals surface area contributed by atoms with Crippen molar-refractivity contribution in [1.82, 2.24) is 0 Å². The fourth-order valence-corrected chi connectivity index (χ4v) is 0. The summed E-state index contributed by atoms with van der Waals surface area (Å²) < 4.78 is 0. The summed E-state index contributed by atoms with van der Waals surface area (Å²) in [5.74, 6) is 0. The molecule has 0 heterocycles. The number of hydrogen-bond acceptors (Lipinski definition) is 0. The fraction of sp³-hybridized carbons (Fsp3) is 1.00. The van der Waals surface area contributed by atoms with Gasteiger partial charge in [0.2, 0.25) is 0 Å². The Bertz CT molecular complexity index is 11.7. The molecule has 0 aromatic carbocycles. The summed E-state index contributed by atoms with van der Waals surface area (Å²) in [5, 5.41) is 0. The Labute approximate surface area is 75.6 Å². The minimum atomic E-state index is 0. The zero-order valence-electron chi connectivity index (χ0n) is 6.58. The molecule has 0 aliphatic heterocycles. The Kier molecular flexibility index (Phi) is 366. The van der Waals surface area contributed by atoms with Gasteiger partial charge >= 0.3 is 29.6 Å². The molecule has 0 spiro atoms. The van der Waals surface area contributed by atoms with E-state index >= 15 is 0 Å². The molecule has 0 saturated carbocycles. The van der Waals surface area contributed by atoms with Gasteiger partial charge in [-0.2, -0.15) is 0 Å². The van der Waals surface area contributed by atoms with Crippen molar-refractivity contribution in [2.24, 2.45) is 0 Å². The maximum atomic E-state index is 2.00. The van der Waals surface area contributed by atoms with Crippen molar-refractivity contribution in [3.8, 4) is 0 Å². The molecule has 0 fully saturated rings. The van der Waals surface area contributed by atoms with E-state index in [0.717, 1.165) is 0 Å². The van der Waals surface area contributed by atoms with Crippen molar-refractivity contribution < 1.29 is 31.0 Å². The molecule has 0 atom stereocenters. The quantitative estimate of drug-likeness (QED) is 0.344. The van der Waals surface area contributed by atoms with Gasteiger partial charge in [0.15, 0.2) is 0 Å². The number of hydrogen-bond donors (Lipinski definition) is 0. The minimum Gasteiger partial charge on any atom is -1.00 e.